The molecule has 0 atom stereocenters. The summed E-state index contributed by atoms with van der Waals surface area (Å²) in [6.07, 6.45) is 0.740. The van der Waals surface area contributed by atoms with Gasteiger partial charge in [-0.05, 0) is 60.9 Å². The van der Waals surface area contributed by atoms with Crippen molar-refractivity contribution in [1.82, 2.24) is 0 Å². The van der Waals surface area contributed by atoms with Crippen LogP contribution >= 0.6 is 0 Å². The SMILES string of the molecule is COc1ccccc1NS(=O)(=O)c1cc(NC(=O)CCc2ccc3c(c2)OCO3)ccc1C. The number of carbonyl (C=O) groups is 1. The van der Waals surface area contributed by atoms with E-state index >= 15 is 0 Å². The van der Waals surface area contributed by atoms with E-state index in [4.69, 9.17) is 14.2 Å². The number of carbonyl (C=O) groups excluding carboxylic acids is 1. The van der Waals surface area contributed by atoms with Crippen LogP contribution in [0.3, 0.4) is 0 Å². The third kappa shape index (κ3) is 5.20. The van der Waals surface area contributed by atoms with Crippen LogP contribution in [-0.4, -0.2) is 28.2 Å². The van der Waals surface area contributed by atoms with Crippen LogP contribution in [0.15, 0.2) is 65.6 Å². The van der Waals surface area contributed by atoms with E-state index < -0.39 is 10.0 Å². The van der Waals surface area contributed by atoms with Crippen LogP contribution < -0.4 is 24.2 Å². The smallest absolute Gasteiger partial charge is 0.262 e. The first-order valence-electron chi connectivity index (χ1n) is 10.3. The van der Waals surface area contributed by atoms with Crippen molar-refractivity contribution in [2.45, 2.75) is 24.7 Å². The summed E-state index contributed by atoms with van der Waals surface area (Å²) in [4.78, 5) is 12.6. The van der Waals surface area contributed by atoms with Gasteiger partial charge in [0.1, 0.15) is 5.75 Å². The van der Waals surface area contributed by atoms with E-state index in [1.165, 1.54) is 13.2 Å². The Morgan fingerprint density at radius 3 is 2.64 bits per heavy atom. The molecule has 9 heteroatoms. The maximum absolute atomic E-state index is 13.0. The van der Waals surface area contributed by atoms with Gasteiger partial charge in [0.25, 0.3) is 10.0 Å². The van der Waals surface area contributed by atoms with Gasteiger partial charge < -0.3 is 19.5 Å². The molecule has 8 nitrogen and oxygen atoms in total. The molecule has 0 aromatic heterocycles. The highest BCUT2D eigenvalue weighted by atomic mass is 32.2. The Hall–Kier alpha value is -3.72. The molecule has 1 heterocycles. The molecule has 1 aliphatic heterocycles. The number of rotatable bonds is 8. The monoisotopic (exact) mass is 468 g/mol. The Morgan fingerprint density at radius 1 is 1.03 bits per heavy atom. The van der Waals surface area contributed by atoms with Gasteiger partial charge in [-0.2, -0.15) is 0 Å². The first-order valence-corrected chi connectivity index (χ1v) is 11.8. The Bertz CT molecular complexity index is 1290. The Labute approximate surface area is 192 Å². The van der Waals surface area contributed by atoms with Crippen molar-refractivity contribution in [2.75, 3.05) is 23.9 Å². The lowest BCUT2D eigenvalue weighted by atomic mass is 10.1. The van der Waals surface area contributed by atoms with Crippen LogP contribution in [0.4, 0.5) is 11.4 Å². The summed E-state index contributed by atoms with van der Waals surface area (Å²) < 4.78 is 44.5. The summed E-state index contributed by atoms with van der Waals surface area (Å²) >= 11 is 0. The predicted octanol–water partition coefficient (Wildman–Crippen LogP) is 4.10. The highest BCUT2D eigenvalue weighted by molar-refractivity contribution is 7.92. The van der Waals surface area contributed by atoms with E-state index in [0.717, 1.165) is 5.56 Å². The number of para-hydroxylation sites is 2. The second kappa shape index (κ2) is 9.41. The second-order valence-electron chi connectivity index (χ2n) is 7.52. The Balaban J connectivity index is 1.44. The Kier molecular flexibility index (Phi) is 6.41. The minimum absolute atomic E-state index is 0.0713. The number of benzene rings is 3. The quantitative estimate of drug-likeness (QED) is 0.516. The predicted molar refractivity (Wildman–Crippen MR) is 124 cm³/mol. The molecule has 2 N–H and O–H groups in total. The highest BCUT2D eigenvalue weighted by Gasteiger charge is 2.20. The van der Waals surface area contributed by atoms with Gasteiger partial charge in [0, 0.05) is 12.1 Å². The van der Waals surface area contributed by atoms with Crippen molar-refractivity contribution in [3.05, 3.63) is 71.8 Å². The summed E-state index contributed by atoms with van der Waals surface area (Å²) in [6.45, 7) is 1.89. The number of amides is 1. The van der Waals surface area contributed by atoms with Gasteiger partial charge in [-0.25, -0.2) is 8.42 Å². The molecule has 0 spiro atoms. The van der Waals surface area contributed by atoms with Gasteiger partial charge in [-0.15, -0.1) is 0 Å². The van der Waals surface area contributed by atoms with Crippen molar-refractivity contribution in [3.63, 3.8) is 0 Å². The first-order chi connectivity index (χ1) is 15.9. The molecule has 33 heavy (non-hydrogen) atoms. The summed E-state index contributed by atoms with van der Waals surface area (Å²) in [5.41, 5.74) is 2.23. The van der Waals surface area contributed by atoms with Gasteiger partial charge in [-0.3, -0.25) is 9.52 Å². The number of hydrogen-bond donors (Lipinski definition) is 2. The number of aryl methyl sites for hydroxylation is 2. The van der Waals surface area contributed by atoms with E-state index in [2.05, 4.69) is 10.0 Å². The minimum atomic E-state index is -3.90. The summed E-state index contributed by atoms with van der Waals surface area (Å²) in [7, 11) is -2.43. The molecular formula is C24H24N2O6S. The standard InChI is InChI=1S/C24H24N2O6S/c1-16-7-10-18(14-23(16)33(28,29)26-19-5-3-4-6-20(19)30-2)25-24(27)12-9-17-8-11-21-22(13-17)32-15-31-21/h3-8,10-11,13-14,26H,9,12,15H2,1-2H3,(H,25,27). The van der Waals surface area contributed by atoms with Gasteiger partial charge in [-0.1, -0.05) is 24.3 Å². The van der Waals surface area contributed by atoms with Gasteiger partial charge >= 0.3 is 0 Å². The normalized spacial score (nSPS) is 12.3. The molecule has 0 saturated carbocycles. The molecular weight excluding hydrogens is 444 g/mol. The number of anilines is 2. The van der Waals surface area contributed by atoms with E-state index in [-0.39, 0.29) is 24.0 Å². The Morgan fingerprint density at radius 2 is 1.82 bits per heavy atom. The summed E-state index contributed by atoms with van der Waals surface area (Å²) in [5.74, 6) is 1.55. The van der Waals surface area contributed by atoms with E-state index in [1.807, 2.05) is 18.2 Å². The lowest BCUT2D eigenvalue weighted by Crippen LogP contribution is -2.16. The number of hydrogen-bond acceptors (Lipinski definition) is 6. The van der Waals surface area contributed by atoms with Gasteiger partial charge in [0.2, 0.25) is 12.7 Å². The zero-order valence-corrected chi connectivity index (χ0v) is 19.1. The lowest BCUT2D eigenvalue weighted by molar-refractivity contribution is -0.116. The number of sulfonamides is 1. The molecule has 1 amide bonds. The van der Waals surface area contributed by atoms with Gasteiger partial charge in [0.05, 0.1) is 17.7 Å². The zero-order chi connectivity index (χ0) is 23.4. The number of fused-ring (bicyclic) bond motifs is 1. The number of methoxy groups -OCH3 is 1. The third-order valence-electron chi connectivity index (χ3n) is 5.19. The van der Waals surface area contributed by atoms with Crippen molar-refractivity contribution >= 4 is 27.3 Å². The fourth-order valence-corrected chi connectivity index (χ4v) is 4.82. The molecule has 0 unspecified atom stereocenters. The molecule has 1 aliphatic rings. The third-order valence-corrected chi connectivity index (χ3v) is 6.70. The van der Waals surface area contributed by atoms with E-state index in [9.17, 15) is 13.2 Å². The highest BCUT2D eigenvalue weighted by Crippen LogP contribution is 2.33. The van der Waals surface area contributed by atoms with Gasteiger partial charge in [0.15, 0.2) is 11.5 Å². The molecule has 0 radical (unpaired) electrons. The first kappa shape index (κ1) is 22.5. The minimum Gasteiger partial charge on any atom is -0.495 e. The lowest BCUT2D eigenvalue weighted by Gasteiger charge is -2.14. The summed E-state index contributed by atoms with van der Waals surface area (Å²) in [6, 6.07) is 17.1. The van der Waals surface area contributed by atoms with Crippen LogP contribution in [0.1, 0.15) is 17.5 Å². The second-order valence-corrected chi connectivity index (χ2v) is 9.17. The molecule has 172 valence electrons. The van der Waals surface area contributed by atoms with Crippen molar-refractivity contribution in [1.29, 1.82) is 0 Å². The average Bonchev–Trinajstić information content (AvgIpc) is 3.27. The largest absolute Gasteiger partial charge is 0.495 e. The average molecular weight is 469 g/mol. The number of ether oxygens (including phenoxy) is 3. The maximum atomic E-state index is 13.0. The van der Waals surface area contributed by atoms with Crippen LogP contribution in [0.2, 0.25) is 0 Å². The van der Waals surface area contributed by atoms with Crippen molar-refractivity contribution < 1.29 is 27.4 Å². The molecule has 0 saturated heterocycles. The van der Waals surface area contributed by atoms with Crippen LogP contribution in [0, 0.1) is 6.92 Å². The maximum Gasteiger partial charge on any atom is 0.262 e. The molecule has 4 rings (SSSR count). The fraction of sp³-hybridized carbons (Fsp3) is 0.208. The fourth-order valence-electron chi connectivity index (χ4n) is 3.47. The van der Waals surface area contributed by atoms with Crippen LogP contribution in [0.5, 0.6) is 17.2 Å². The van der Waals surface area contributed by atoms with Crippen molar-refractivity contribution in [3.8, 4) is 17.2 Å². The molecule has 0 aliphatic carbocycles. The topological polar surface area (TPSA) is 103 Å². The molecule has 3 aromatic carbocycles. The molecule has 0 fully saturated rings. The van der Waals surface area contributed by atoms with Crippen molar-refractivity contribution in [2.24, 2.45) is 0 Å². The molecule has 3 aromatic rings. The van der Waals surface area contributed by atoms with Crippen LogP contribution in [-0.2, 0) is 21.2 Å². The molecule has 0 bridgehead atoms. The number of nitrogens with one attached hydrogen (secondary N) is 2. The van der Waals surface area contributed by atoms with E-state index in [0.29, 0.717) is 40.6 Å². The van der Waals surface area contributed by atoms with E-state index in [1.54, 1.807) is 43.3 Å². The summed E-state index contributed by atoms with van der Waals surface area (Å²) in [5, 5.41) is 2.78. The van der Waals surface area contributed by atoms with Crippen LogP contribution in [0.25, 0.3) is 0 Å². The zero-order valence-electron chi connectivity index (χ0n) is 18.3.